The summed E-state index contributed by atoms with van der Waals surface area (Å²) < 4.78 is 25.5. The number of hydrogen-bond acceptors (Lipinski definition) is 3. The molecular formula is C14H30N2O2S. The van der Waals surface area contributed by atoms with E-state index in [0.29, 0.717) is 25.0 Å². The fraction of sp³-hybridized carbons (Fsp3) is 1.00. The molecule has 0 aromatic carbocycles. The molecule has 4 nitrogen and oxygen atoms in total. The molecule has 0 bridgehead atoms. The van der Waals surface area contributed by atoms with Crippen molar-refractivity contribution in [2.24, 2.45) is 11.3 Å². The van der Waals surface area contributed by atoms with Gasteiger partial charge in [-0.2, -0.15) is 0 Å². The average Bonchev–Trinajstić information content (AvgIpc) is 2.95. The molecule has 0 aliphatic heterocycles. The predicted octanol–water partition coefficient (Wildman–Crippen LogP) is 2.07. The Morgan fingerprint density at radius 1 is 1.26 bits per heavy atom. The maximum absolute atomic E-state index is 11.9. The van der Waals surface area contributed by atoms with Gasteiger partial charge in [-0.25, -0.2) is 12.7 Å². The van der Waals surface area contributed by atoms with Gasteiger partial charge in [-0.1, -0.05) is 34.6 Å². The molecule has 1 aliphatic rings. The maximum Gasteiger partial charge on any atom is 0.211 e. The van der Waals surface area contributed by atoms with E-state index in [2.05, 4.69) is 39.9 Å². The zero-order chi connectivity index (χ0) is 14.8. The Labute approximate surface area is 119 Å². The number of nitrogens with one attached hydrogen (secondary N) is 1. The highest BCUT2D eigenvalue weighted by Crippen LogP contribution is 2.31. The summed E-state index contributed by atoms with van der Waals surface area (Å²) in [5, 5.41) is 3.51. The van der Waals surface area contributed by atoms with Crippen LogP contribution in [0.25, 0.3) is 0 Å². The minimum atomic E-state index is -3.12. The predicted molar refractivity (Wildman–Crippen MR) is 80.7 cm³/mol. The van der Waals surface area contributed by atoms with E-state index >= 15 is 0 Å². The third-order valence-corrected chi connectivity index (χ3v) is 4.83. The monoisotopic (exact) mass is 290 g/mol. The molecule has 0 heterocycles. The third kappa shape index (κ3) is 6.23. The molecule has 1 saturated carbocycles. The SMILES string of the molecule is CC(C)N[C@H](CN(CC1CC1)S(C)(=O)=O)C(C)(C)C. The van der Waals surface area contributed by atoms with E-state index in [9.17, 15) is 8.42 Å². The highest BCUT2D eigenvalue weighted by atomic mass is 32.2. The van der Waals surface area contributed by atoms with Crippen molar-refractivity contribution >= 4 is 10.0 Å². The van der Waals surface area contributed by atoms with Crippen molar-refractivity contribution in [1.82, 2.24) is 9.62 Å². The van der Waals surface area contributed by atoms with Gasteiger partial charge in [0, 0.05) is 25.2 Å². The number of nitrogens with zero attached hydrogens (tertiary/aromatic N) is 1. The molecule has 0 radical (unpaired) electrons. The summed E-state index contributed by atoms with van der Waals surface area (Å²) >= 11 is 0. The minimum Gasteiger partial charge on any atom is -0.310 e. The third-order valence-electron chi connectivity index (χ3n) is 3.59. The van der Waals surface area contributed by atoms with Crippen molar-refractivity contribution in [3.63, 3.8) is 0 Å². The molecule has 19 heavy (non-hydrogen) atoms. The maximum atomic E-state index is 11.9. The Morgan fingerprint density at radius 3 is 2.11 bits per heavy atom. The zero-order valence-corrected chi connectivity index (χ0v) is 14.0. The van der Waals surface area contributed by atoms with Crippen LogP contribution >= 0.6 is 0 Å². The van der Waals surface area contributed by atoms with Crippen LogP contribution in [-0.4, -0.2) is 44.2 Å². The van der Waals surface area contributed by atoms with Crippen LogP contribution < -0.4 is 5.32 Å². The second kappa shape index (κ2) is 6.10. The first-order valence-corrected chi connectivity index (χ1v) is 9.06. The molecule has 0 aromatic rings. The lowest BCUT2D eigenvalue weighted by Gasteiger charge is -2.36. The number of rotatable bonds is 7. The highest BCUT2D eigenvalue weighted by molar-refractivity contribution is 7.88. The summed E-state index contributed by atoms with van der Waals surface area (Å²) in [5.41, 5.74) is 0.0385. The van der Waals surface area contributed by atoms with E-state index in [4.69, 9.17) is 0 Å². The summed E-state index contributed by atoms with van der Waals surface area (Å²) in [7, 11) is -3.12. The molecule has 1 aliphatic carbocycles. The molecule has 1 rings (SSSR count). The van der Waals surface area contributed by atoms with Crippen LogP contribution in [0.15, 0.2) is 0 Å². The van der Waals surface area contributed by atoms with Crippen molar-refractivity contribution in [1.29, 1.82) is 0 Å². The fourth-order valence-electron chi connectivity index (χ4n) is 2.12. The topological polar surface area (TPSA) is 49.4 Å². The molecule has 1 fully saturated rings. The van der Waals surface area contributed by atoms with Gasteiger partial charge in [0.1, 0.15) is 0 Å². The minimum absolute atomic E-state index is 0.0385. The molecule has 0 aromatic heterocycles. The second-order valence-corrected chi connectivity index (χ2v) is 9.25. The Balaban J connectivity index is 2.77. The Morgan fingerprint density at radius 2 is 1.79 bits per heavy atom. The van der Waals surface area contributed by atoms with Crippen molar-refractivity contribution in [3.05, 3.63) is 0 Å². The van der Waals surface area contributed by atoms with Crippen LogP contribution in [0.3, 0.4) is 0 Å². The Bertz CT molecular complexity index is 381. The molecular weight excluding hydrogens is 260 g/mol. The van der Waals surface area contributed by atoms with E-state index in [-0.39, 0.29) is 11.5 Å². The summed E-state index contributed by atoms with van der Waals surface area (Å²) in [6.07, 6.45) is 3.66. The standard InChI is InChI=1S/C14H30N2O2S/c1-11(2)15-13(14(3,4)5)10-16(19(6,17)18)9-12-7-8-12/h11-13,15H,7-10H2,1-6H3/t13-/m1/s1. The van der Waals surface area contributed by atoms with Gasteiger partial charge in [-0.15, -0.1) is 0 Å². The Kier molecular flexibility index (Phi) is 5.43. The lowest BCUT2D eigenvalue weighted by Crippen LogP contribution is -2.52. The summed E-state index contributed by atoms with van der Waals surface area (Å²) in [6.45, 7) is 11.9. The summed E-state index contributed by atoms with van der Waals surface area (Å²) in [5.74, 6) is 0.578. The lowest BCUT2D eigenvalue weighted by molar-refractivity contribution is 0.211. The molecule has 1 atom stereocenters. The van der Waals surface area contributed by atoms with E-state index < -0.39 is 10.0 Å². The van der Waals surface area contributed by atoms with Gasteiger partial charge in [-0.3, -0.25) is 0 Å². The number of hydrogen-bond donors (Lipinski definition) is 1. The van der Waals surface area contributed by atoms with Gasteiger partial charge in [0.25, 0.3) is 0 Å². The molecule has 5 heteroatoms. The van der Waals surface area contributed by atoms with Crippen LogP contribution in [0.4, 0.5) is 0 Å². The van der Waals surface area contributed by atoms with Crippen LogP contribution in [0, 0.1) is 11.3 Å². The summed E-state index contributed by atoms with van der Waals surface area (Å²) in [4.78, 5) is 0. The quantitative estimate of drug-likeness (QED) is 0.781. The van der Waals surface area contributed by atoms with Crippen LogP contribution in [0.2, 0.25) is 0 Å². The van der Waals surface area contributed by atoms with Gasteiger partial charge in [0.2, 0.25) is 10.0 Å². The smallest absolute Gasteiger partial charge is 0.211 e. The molecule has 0 spiro atoms. The van der Waals surface area contributed by atoms with Gasteiger partial charge >= 0.3 is 0 Å². The van der Waals surface area contributed by atoms with Crippen molar-refractivity contribution in [2.45, 2.75) is 59.5 Å². The van der Waals surface area contributed by atoms with Crippen LogP contribution in [0.5, 0.6) is 0 Å². The normalized spacial score (nSPS) is 19.2. The highest BCUT2D eigenvalue weighted by Gasteiger charge is 2.33. The first-order valence-electron chi connectivity index (χ1n) is 7.21. The van der Waals surface area contributed by atoms with E-state index in [1.165, 1.54) is 19.1 Å². The number of sulfonamides is 1. The van der Waals surface area contributed by atoms with Crippen molar-refractivity contribution in [3.8, 4) is 0 Å². The van der Waals surface area contributed by atoms with Gasteiger partial charge < -0.3 is 5.32 Å². The first-order chi connectivity index (χ1) is 8.50. The second-order valence-electron chi connectivity index (χ2n) is 7.26. The Hall–Kier alpha value is -0.130. The van der Waals surface area contributed by atoms with Gasteiger partial charge in [0.05, 0.1) is 6.26 Å². The van der Waals surface area contributed by atoms with Gasteiger partial charge in [0.15, 0.2) is 0 Å². The molecule has 114 valence electrons. The first kappa shape index (κ1) is 16.9. The molecule has 0 saturated heterocycles. The van der Waals surface area contributed by atoms with Crippen molar-refractivity contribution in [2.75, 3.05) is 19.3 Å². The lowest BCUT2D eigenvalue weighted by atomic mass is 9.86. The van der Waals surface area contributed by atoms with E-state index in [0.717, 1.165) is 0 Å². The zero-order valence-electron chi connectivity index (χ0n) is 13.2. The largest absolute Gasteiger partial charge is 0.310 e. The van der Waals surface area contributed by atoms with Crippen molar-refractivity contribution < 1.29 is 8.42 Å². The molecule has 0 amide bonds. The van der Waals surface area contributed by atoms with Crippen LogP contribution in [0.1, 0.15) is 47.5 Å². The molecule has 1 N–H and O–H groups in total. The van der Waals surface area contributed by atoms with Crippen LogP contribution in [-0.2, 0) is 10.0 Å². The summed E-state index contributed by atoms with van der Waals surface area (Å²) in [6, 6.07) is 0.521. The molecule has 0 unspecified atom stereocenters. The van der Waals surface area contributed by atoms with E-state index in [1.807, 2.05) is 0 Å². The van der Waals surface area contributed by atoms with Gasteiger partial charge in [-0.05, 0) is 24.2 Å². The average molecular weight is 290 g/mol. The fourth-order valence-corrected chi connectivity index (χ4v) is 3.02. The van der Waals surface area contributed by atoms with E-state index in [1.54, 1.807) is 4.31 Å².